The molecular weight excluding hydrogens is 236 g/mol. The fourth-order valence-corrected chi connectivity index (χ4v) is 1.88. The van der Waals surface area contributed by atoms with E-state index in [0.29, 0.717) is 28.9 Å². The maximum absolute atomic E-state index is 12.3. The van der Waals surface area contributed by atoms with Gasteiger partial charge in [-0.15, -0.1) is 6.58 Å². The molecule has 0 unspecified atom stereocenters. The first-order chi connectivity index (χ1) is 8.13. The molecule has 3 nitrogen and oxygen atoms in total. The molecular formula is C13H15ClN2O. The minimum absolute atomic E-state index is 0.00392. The molecule has 4 heteroatoms. The quantitative estimate of drug-likeness (QED) is 0.660. The summed E-state index contributed by atoms with van der Waals surface area (Å²) in [6.45, 7) is 4.25. The van der Waals surface area contributed by atoms with Crippen molar-refractivity contribution in [2.45, 2.75) is 18.9 Å². The van der Waals surface area contributed by atoms with Gasteiger partial charge in [0.2, 0.25) is 0 Å². The first-order valence-corrected chi connectivity index (χ1v) is 5.98. The number of amides is 1. The molecule has 0 aliphatic heterocycles. The van der Waals surface area contributed by atoms with E-state index in [4.69, 9.17) is 17.3 Å². The van der Waals surface area contributed by atoms with Gasteiger partial charge in [-0.1, -0.05) is 17.7 Å². The van der Waals surface area contributed by atoms with Gasteiger partial charge in [-0.05, 0) is 31.0 Å². The summed E-state index contributed by atoms with van der Waals surface area (Å²) < 4.78 is 0. The number of benzene rings is 1. The molecule has 0 spiro atoms. The molecule has 17 heavy (non-hydrogen) atoms. The van der Waals surface area contributed by atoms with Gasteiger partial charge < -0.3 is 10.6 Å². The number of nitrogens with two attached hydrogens (primary N) is 1. The number of nitrogen functional groups attached to an aromatic ring is 1. The average Bonchev–Trinajstić information content (AvgIpc) is 3.13. The number of nitrogens with zero attached hydrogens (tertiary/aromatic N) is 1. The number of carbonyl (C=O) groups is 1. The number of hydrogen-bond donors (Lipinski definition) is 1. The second-order valence-corrected chi connectivity index (χ2v) is 4.62. The van der Waals surface area contributed by atoms with Gasteiger partial charge in [0.05, 0.1) is 10.7 Å². The fraction of sp³-hybridized carbons (Fsp3) is 0.308. The molecule has 1 aliphatic rings. The Labute approximate surface area is 106 Å². The van der Waals surface area contributed by atoms with Crippen LogP contribution in [0, 0.1) is 0 Å². The summed E-state index contributed by atoms with van der Waals surface area (Å²) >= 11 is 5.83. The molecule has 0 aromatic heterocycles. The van der Waals surface area contributed by atoms with Crippen molar-refractivity contribution in [2.24, 2.45) is 0 Å². The SMILES string of the molecule is C=CCN(C(=O)c1ccc(Cl)c(N)c1)C1CC1. The lowest BCUT2D eigenvalue weighted by Crippen LogP contribution is -2.33. The highest BCUT2D eigenvalue weighted by molar-refractivity contribution is 6.33. The van der Waals surface area contributed by atoms with Crippen molar-refractivity contribution in [1.29, 1.82) is 0 Å². The molecule has 1 aromatic rings. The maximum atomic E-state index is 12.3. The van der Waals surface area contributed by atoms with Crippen LogP contribution in [0.2, 0.25) is 5.02 Å². The van der Waals surface area contributed by atoms with E-state index in [-0.39, 0.29) is 5.91 Å². The first kappa shape index (κ1) is 12.0. The van der Waals surface area contributed by atoms with Gasteiger partial charge in [0.1, 0.15) is 0 Å². The Morgan fingerprint density at radius 2 is 2.29 bits per heavy atom. The Kier molecular flexibility index (Phi) is 3.38. The molecule has 1 fully saturated rings. The number of hydrogen-bond acceptors (Lipinski definition) is 2. The van der Waals surface area contributed by atoms with Gasteiger partial charge >= 0.3 is 0 Å². The monoisotopic (exact) mass is 250 g/mol. The van der Waals surface area contributed by atoms with Crippen LogP contribution in [0.1, 0.15) is 23.2 Å². The molecule has 0 heterocycles. The summed E-state index contributed by atoms with van der Waals surface area (Å²) in [4.78, 5) is 14.1. The van der Waals surface area contributed by atoms with Gasteiger partial charge in [0.25, 0.3) is 5.91 Å². The van der Waals surface area contributed by atoms with E-state index in [9.17, 15) is 4.79 Å². The molecule has 0 bridgehead atoms. The Bertz CT molecular complexity index is 455. The molecule has 2 rings (SSSR count). The minimum Gasteiger partial charge on any atom is -0.398 e. The third kappa shape index (κ3) is 2.61. The Hall–Kier alpha value is -1.48. The van der Waals surface area contributed by atoms with Crippen LogP contribution in [0.5, 0.6) is 0 Å². The largest absolute Gasteiger partial charge is 0.398 e. The lowest BCUT2D eigenvalue weighted by Gasteiger charge is -2.20. The highest BCUT2D eigenvalue weighted by Crippen LogP contribution is 2.29. The Balaban J connectivity index is 2.21. The smallest absolute Gasteiger partial charge is 0.254 e. The molecule has 2 N–H and O–H groups in total. The minimum atomic E-state index is -0.00392. The molecule has 0 atom stereocenters. The molecule has 90 valence electrons. The standard InChI is InChI=1S/C13H15ClN2O/c1-2-7-16(10-4-5-10)13(17)9-3-6-11(14)12(15)8-9/h2-3,6,8,10H,1,4-5,7,15H2. The molecule has 1 aromatic carbocycles. The predicted molar refractivity (Wildman–Crippen MR) is 70.1 cm³/mol. The molecule has 1 amide bonds. The Morgan fingerprint density at radius 3 is 2.82 bits per heavy atom. The summed E-state index contributed by atoms with van der Waals surface area (Å²) in [6.07, 6.45) is 3.89. The summed E-state index contributed by atoms with van der Waals surface area (Å²) in [7, 11) is 0. The second kappa shape index (κ2) is 4.80. The van der Waals surface area contributed by atoms with Gasteiger partial charge in [-0.25, -0.2) is 0 Å². The van der Waals surface area contributed by atoms with Crippen LogP contribution < -0.4 is 5.73 Å². The third-order valence-corrected chi connectivity index (χ3v) is 3.16. The summed E-state index contributed by atoms with van der Waals surface area (Å²) in [5, 5.41) is 0.475. The van der Waals surface area contributed by atoms with Gasteiger partial charge in [-0.2, -0.15) is 0 Å². The highest BCUT2D eigenvalue weighted by Gasteiger charge is 2.32. The zero-order valence-corrected chi connectivity index (χ0v) is 10.3. The van der Waals surface area contributed by atoms with E-state index in [1.54, 1.807) is 24.3 Å². The van der Waals surface area contributed by atoms with Crippen molar-refractivity contribution >= 4 is 23.2 Å². The molecule has 0 saturated heterocycles. The van der Waals surface area contributed by atoms with Crippen molar-refractivity contribution in [3.05, 3.63) is 41.4 Å². The predicted octanol–water partition coefficient (Wildman–Crippen LogP) is 2.71. The van der Waals surface area contributed by atoms with E-state index < -0.39 is 0 Å². The van der Waals surface area contributed by atoms with E-state index in [2.05, 4.69) is 6.58 Å². The zero-order chi connectivity index (χ0) is 12.4. The van der Waals surface area contributed by atoms with Gasteiger partial charge in [-0.3, -0.25) is 4.79 Å². The maximum Gasteiger partial charge on any atom is 0.254 e. The fourth-order valence-electron chi connectivity index (χ4n) is 1.77. The number of anilines is 1. The van der Waals surface area contributed by atoms with E-state index in [0.717, 1.165) is 12.8 Å². The van der Waals surface area contributed by atoms with Crippen LogP contribution in [0.3, 0.4) is 0 Å². The van der Waals surface area contributed by atoms with E-state index >= 15 is 0 Å². The average molecular weight is 251 g/mol. The van der Waals surface area contributed by atoms with Crippen molar-refractivity contribution in [3.8, 4) is 0 Å². The highest BCUT2D eigenvalue weighted by atomic mass is 35.5. The van der Waals surface area contributed by atoms with Gasteiger partial charge in [0.15, 0.2) is 0 Å². The first-order valence-electron chi connectivity index (χ1n) is 5.60. The van der Waals surface area contributed by atoms with Crippen LogP contribution >= 0.6 is 11.6 Å². The number of rotatable bonds is 4. The van der Waals surface area contributed by atoms with E-state index in [1.807, 2.05) is 4.90 Å². The van der Waals surface area contributed by atoms with Crippen molar-refractivity contribution in [1.82, 2.24) is 4.90 Å². The lowest BCUT2D eigenvalue weighted by molar-refractivity contribution is 0.0762. The van der Waals surface area contributed by atoms with Gasteiger partial charge in [0, 0.05) is 18.2 Å². The number of halogens is 1. The molecule has 1 saturated carbocycles. The normalized spacial score (nSPS) is 14.4. The molecule has 0 radical (unpaired) electrons. The summed E-state index contributed by atoms with van der Waals surface area (Å²) in [5.41, 5.74) is 6.72. The van der Waals surface area contributed by atoms with E-state index in [1.165, 1.54) is 0 Å². The Morgan fingerprint density at radius 1 is 1.59 bits per heavy atom. The van der Waals surface area contributed by atoms with Crippen LogP contribution in [0.4, 0.5) is 5.69 Å². The third-order valence-electron chi connectivity index (χ3n) is 2.82. The van der Waals surface area contributed by atoms with Crippen LogP contribution in [0.15, 0.2) is 30.9 Å². The zero-order valence-electron chi connectivity index (χ0n) is 9.53. The van der Waals surface area contributed by atoms with Crippen molar-refractivity contribution < 1.29 is 4.79 Å². The van der Waals surface area contributed by atoms with Crippen molar-refractivity contribution in [3.63, 3.8) is 0 Å². The number of carbonyl (C=O) groups excluding carboxylic acids is 1. The topological polar surface area (TPSA) is 46.3 Å². The second-order valence-electron chi connectivity index (χ2n) is 4.21. The summed E-state index contributed by atoms with van der Waals surface area (Å²) in [5.74, 6) is -0.00392. The van der Waals surface area contributed by atoms with Crippen LogP contribution in [-0.4, -0.2) is 23.4 Å². The van der Waals surface area contributed by atoms with Crippen LogP contribution in [0.25, 0.3) is 0 Å². The molecule has 1 aliphatic carbocycles. The summed E-state index contributed by atoms with van der Waals surface area (Å²) in [6, 6.07) is 5.35. The van der Waals surface area contributed by atoms with Crippen molar-refractivity contribution in [2.75, 3.05) is 12.3 Å². The lowest BCUT2D eigenvalue weighted by atomic mass is 10.1. The van der Waals surface area contributed by atoms with Crippen LogP contribution in [-0.2, 0) is 0 Å².